The highest BCUT2D eigenvalue weighted by Crippen LogP contribution is 2.31. The van der Waals surface area contributed by atoms with E-state index in [1.54, 1.807) is 17.6 Å². The van der Waals surface area contributed by atoms with Gasteiger partial charge >= 0.3 is 5.97 Å². The maximum absolute atomic E-state index is 13.7. The van der Waals surface area contributed by atoms with E-state index in [1.807, 2.05) is 97.1 Å². The minimum absolute atomic E-state index is 0.0588. The molecule has 0 fully saturated rings. The number of aromatic nitrogens is 1. The summed E-state index contributed by atoms with van der Waals surface area (Å²) < 4.78 is 13.5. The first-order valence-electron chi connectivity index (χ1n) is 12.8. The number of thiazole rings is 1. The van der Waals surface area contributed by atoms with E-state index in [2.05, 4.69) is 11.6 Å². The molecule has 0 spiro atoms. The van der Waals surface area contributed by atoms with Gasteiger partial charge in [0.15, 0.2) is 4.80 Å². The second kappa shape index (κ2) is 12.4. The van der Waals surface area contributed by atoms with Gasteiger partial charge in [-0.25, -0.2) is 9.79 Å². The van der Waals surface area contributed by atoms with E-state index in [9.17, 15) is 9.59 Å². The fraction of sp³-hybridized carbons (Fsp3) is 0.121. The number of rotatable bonds is 9. The molecule has 1 aromatic heterocycles. The van der Waals surface area contributed by atoms with E-state index in [1.165, 1.54) is 17.4 Å². The number of carbonyl (C=O) groups is 1. The summed E-state index contributed by atoms with van der Waals surface area (Å²) in [5.41, 5.74) is 3.44. The van der Waals surface area contributed by atoms with Crippen LogP contribution < -0.4 is 19.6 Å². The lowest BCUT2D eigenvalue weighted by Crippen LogP contribution is -2.39. The minimum Gasteiger partial charge on any atom is -0.489 e. The molecule has 0 saturated heterocycles. The summed E-state index contributed by atoms with van der Waals surface area (Å²) in [6.45, 7) is 5.89. The molecule has 0 bridgehead atoms. The number of benzene rings is 3. The third kappa shape index (κ3) is 5.95. The van der Waals surface area contributed by atoms with Crippen LogP contribution in [-0.2, 0) is 16.1 Å². The summed E-state index contributed by atoms with van der Waals surface area (Å²) in [5, 5.41) is 0. The van der Waals surface area contributed by atoms with Crippen molar-refractivity contribution in [1.82, 2.24) is 4.57 Å². The lowest BCUT2D eigenvalue weighted by molar-refractivity contribution is -0.138. The molecule has 6 nitrogen and oxygen atoms in total. The molecule has 200 valence electrons. The molecule has 1 aliphatic rings. The Morgan fingerprint density at radius 2 is 1.73 bits per heavy atom. The summed E-state index contributed by atoms with van der Waals surface area (Å²) in [7, 11) is 0. The van der Waals surface area contributed by atoms with Crippen molar-refractivity contribution in [3.8, 4) is 5.75 Å². The van der Waals surface area contributed by atoms with E-state index >= 15 is 0 Å². The monoisotopic (exact) mass is 548 g/mol. The molecule has 0 saturated carbocycles. The second-order valence-corrected chi connectivity index (χ2v) is 10.1. The minimum atomic E-state index is -0.697. The van der Waals surface area contributed by atoms with Gasteiger partial charge in [-0.05, 0) is 41.8 Å². The molecule has 0 amide bonds. The van der Waals surface area contributed by atoms with Crippen molar-refractivity contribution in [2.75, 3.05) is 6.61 Å². The third-order valence-electron chi connectivity index (χ3n) is 6.35. The number of carbonyl (C=O) groups excluding carboxylic acids is 1. The first-order chi connectivity index (χ1) is 19.5. The zero-order valence-electron chi connectivity index (χ0n) is 22.0. The molecule has 0 radical (unpaired) electrons. The number of hydrogen-bond acceptors (Lipinski definition) is 6. The van der Waals surface area contributed by atoms with Crippen LogP contribution in [0.2, 0.25) is 0 Å². The number of hydrogen-bond donors (Lipinski definition) is 0. The Balaban J connectivity index is 1.52. The zero-order valence-corrected chi connectivity index (χ0v) is 22.8. The molecule has 1 aliphatic heterocycles. The number of fused-ring (bicyclic) bond motifs is 1. The van der Waals surface area contributed by atoms with Crippen LogP contribution in [0.3, 0.4) is 0 Å². The predicted octanol–water partition coefficient (Wildman–Crippen LogP) is 5.21. The van der Waals surface area contributed by atoms with Gasteiger partial charge in [-0.2, -0.15) is 0 Å². The maximum Gasteiger partial charge on any atom is 0.338 e. The molecule has 1 unspecified atom stereocenters. The van der Waals surface area contributed by atoms with Crippen LogP contribution in [0.5, 0.6) is 5.75 Å². The van der Waals surface area contributed by atoms with E-state index in [0.717, 1.165) is 16.7 Å². The number of nitrogens with zero attached hydrogens (tertiary/aromatic N) is 2. The van der Waals surface area contributed by atoms with E-state index < -0.39 is 12.0 Å². The van der Waals surface area contributed by atoms with Crippen LogP contribution >= 0.6 is 11.3 Å². The van der Waals surface area contributed by atoms with E-state index in [0.29, 0.717) is 33.0 Å². The van der Waals surface area contributed by atoms with Crippen molar-refractivity contribution in [3.63, 3.8) is 0 Å². The van der Waals surface area contributed by atoms with Crippen molar-refractivity contribution in [1.29, 1.82) is 0 Å². The fourth-order valence-corrected chi connectivity index (χ4v) is 5.42. The molecule has 1 atom stereocenters. The summed E-state index contributed by atoms with van der Waals surface area (Å²) in [6.07, 6.45) is 7.08. The van der Waals surface area contributed by atoms with Crippen LogP contribution in [0, 0.1) is 0 Å². The average molecular weight is 549 g/mol. The van der Waals surface area contributed by atoms with Gasteiger partial charge in [-0.1, -0.05) is 109 Å². The topological polar surface area (TPSA) is 69.9 Å². The highest BCUT2D eigenvalue weighted by molar-refractivity contribution is 7.07. The number of ether oxygens (including phenoxy) is 2. The summed E-state index contributed by atoms with van der Waals surface area (Å²) in [4.78, 5) is 32.0. The van der Waals surface area contributed by atoms with Gasteiger partial charge in [0, 0.05) is 0 Å². The van der Waals surface area contributed by atoms with Crippen LogP contribution in [0.25, 0.3) is 12.2 Å². The Hall–Kier alpha value is -4.75. The molecule has 0 N–H and O–H groups in total. The van der Waals surface area contributed by atoms with E-state index in [4.69, 9.17) is 9.47 Å². The van der Waals surface area contributed by atoms with Gasteiger partial charge in [-0.3, -0.25) is 9.36 Å². The number of esters is 1. The van der Waals surface area contributed by atoms with Gasteiger partial charge in [0.2, 0.25) is 0 Å². The highest BCUT2D eigenvalue weighted by atomic mass is 32.1. The summed E-state index contributed by atoms with van der Waals surface area (Å²) in [6, 6.07) is 26.5. The summed E-state index contributed by atoms with van der Waals surface area (Å²) in [5.74, 6) is 0.149. The van der Waals surface area contributed by atoms with Crippen molar-refractivity contribution in [3.05, 3.63) is 151 Å². The van der Waals surface area contributed by atoms with Crippen LogP contribution in [0.4, 0.5) is 0 Å². The first-order valence-corrected chi connectivity index (χ1v) is 13.7. The lowest BCUT2D eigenvalue weighted by atomic mass is 9.96. The molecule has 4 aromatic rings. The van der Waals surface area contributed by atoms with Crippen molar-refractivity contribution >= 4 is 29.5 Å². The van der Waals surface area contributed by atoms with Crippen LogP contribution in [0.1, 0.15) is 29.7 Å². The number of allylic oxidation sites excluding steroid dienone is 2. The molecule has 3 aromatic carbocycles. The standard InChI is InChI=1S/C33H28N2O4S/c1-3-21-38-32(37)29-23(2)34-33-35(31(36)28(40-33)16-10-15-24-11-6-4-7-12-24)30(29)26-17-19-27(20-18-26)39-22-25-13-8-5-9-14-25/h3-20,30H,1,21-22H2,2H3/b15-10+,28-16-. The Morgan fingerprint density at radius 3 is 2.42 bits per heavy atom. The van der Waals surface area contributed by atoms with Gasteiger partial charge in [0.25, 0.3) is 5.56 Å². The van der Waals surface area contributed by atoms with Crippen molar-refractivity contribution in [2.24, 2.45) is 4.99 Å². The quantitative estimate of drug-likeness (QED) is 0.213. The van der Waals surface area contributed by atoms with Gasteiger partial charge in [0.05, 0.1) is 21.8 Å². The summed E-state index contributed by atoms with van der Waals surface area (Å²) >= 11 is 1.29. The molecule has 5 rings (SSSR count). The zero-order chi connectivity index (χ0) is 27.9. The Bertz CT molecular complexity index is 1750. The van der Waals surface area contributed by atoms with Gasteiger partial charge < -0.3 is 9.47 Å². The molecular formula is C33H28N2O4S. The molecular weight excluding hydrogens is 520 g/mol. The van der Waals surface area contributed by atoms with Crippen LogP contribution in [-0.4, -0.2) is 17.1 Å². The van der Waals surface area contributed by atoms with Crippen molar-refractivity contribution < 1.29 is 14.3 Å². The van der Waals surface area contributed by atoms with E-state index in [-0.39, 0.29) is 12.2 Å². The van der Waals surface area contributed by atoms with Crippen molar-refractivity contribution in [2.45, 2.75) is 19.6 Å². The Labute approximate surface area is 236 Å². The fourth-order valence-electron chi connectivity index (χ4n) is 4.42. The second-order valence-electron chi connectivity index (χ2n) is 9.10. The molecule has 7 heteroatoms. The Kier molecular flexibility index (Phi) is 8.32. The molecule has 40 heavy (non-hydrogen) atoms. The highest BCUT2D eigenvalue weighted by Gasteiger charge is 2.33. The normalized spacial score (nSPS) is 15.0. The van der Waals surface area contributed by atoms with Gasteiger partial charge in [-0.15, -0.1) is 0 Å². The first kappa shape index (κ1) is 26.8. The average Bonchev–Trinajstić information content (AvgIpc) is 3.29. The largest absolute Gasteiger partial charge is 0.489 e. The molecule has 0 aliphatic carbocycles. The predicted molar refractivity (Wildman–Crippen MR) is 159 cm³/mol. The smallest absolute Gasteiger partial charge is 0.338 e. The Morgan fingerprint density at radius 1 is 1.02 bits per heavy atom. The van der Waals surface area contributed by atoms with Gasteiger partial charge in [0.1, 0.15) is 19.0 Å². The maximum atomic E-state index is 13.7. The molecule has 2 heterocycles. The third-order valence-corrected chi connectivity index (χ3v) is 7.36. The SMILES string of the molecule is C=CCOC(=O)C1=C(C)N=c2s/c(=C\C=C\c3ccccc3)c(=O)n2C1c1ccc(OCc2ccccc2)cc1. The van der Waals surface area contributed by atoms with Crippen LogP contribution in [0.15, 0.2) is 125 Å². The lowest BCUT2D eigenvalue weighted by Gasteiger charge is -2.24.